The lowest BCUT2D eigenvalue weighted by Crippen LogP contribution is -2.30. The Morgan fingerprint density at radius 2 is 1.84 bits per heavy atom. The molecule has 0 amide bonds. The average molecular weight is 269 g/mol. The maximum atomic E-state index is 11.1. The van der Waals surface area contributed by atoms with Crippen LogP contribution in [0.4, 0.5) is 0 Å². The van der Waals surface area contributed by atoms with Gasteiger partial charge in [0.05, 0.1) is 5.92 Å². The quantitative estimate of drug-likeness (QED) is 0.522. The van der Waals surface area contributed by atoms with Gasteiger partial charge in [0.15, 0.2) is 0 Å². The summed E-state index contributed by atoms with van der Waals surface area (Å²) in [6, 6.07) is 0. The van der Waals surface area contributed by atoms with Crippen LogP contribution in [0.2, 0.25) is 0 Å². The molecular formula is C16H31NO2. The van der Waals surface area contributed by atoms with Crippen molar-refractivity contribution in [3.05, 3.63) is 0 Å². The molecular weight excluding hydrogens is 238 g/mol. The highest BCUT2D eigenvalue weighted by Gasteiger charge is 2.18. The van der Waals surface area contributed by atoms with Gasteiger partial charge < -0.3 is 10.4 Å². The SMILES string of the molecule is CC(C)CC(CNCCC1CCCCCC1)C(=O)O. The van der Waals surface area contributed by atoms with Crippen LogP contribution in [0, 0.1) is 17.8 Å². The van der Waals surface area contributed by atoms with Crippen molar-refractivity contribution in [1.82, 2.24) is 5.32 Å². The molecule has 0 heterocycles. The Bertz CT molecular complexity index is 245. The van der Waals surface area contributed by atoms with E-state index in [9.17, 15) is 4.79 Å². The maximum Gasteiger partial charge on any atom is 0.307 e. The lowest BCUT2D eigenvalue weighted by Gasteiger charge is -2.17. The second-order valence-electron chi connectivity index (χ2n) is 6.52. The van der Waals surface area contributed by atoms with Crippen LogP contribution in [0.3, 0.4) is 0 Å². The normalized spacial score (nSPS) is 19.3. The van der Waals surface area contributed by atoms with Gasteiger partial charge in [-0.05, 0) is 31.2 Å². The summed E-state index contributed by atoms with van der Waals surface area (Å²) < 4.78 is 0. The van der Waals surface area contributed by atoms with Crippen molar-refractivity contribution >= 4 is 5.97 Å². The zero-order valence-electron chi connectivity index (χ0n) is 12.7. The highest BCUT2D eigenvalue weighted by atomic mass is 16.4. The Balaban J connectivity index is 2.15. The van der Waals surface area contributed by atoms with Crippen molar-refractivity contribution in [3.8, 4) is 0 Å². The van der Waals surface area contributed by atoms with Gasteiger partial charge in [0.2, 0.25) is 0 Å². The highest BCUT2D eigenvalue weighted by molar-refractivity contribution is 5.70. The van der Waals surface area contributed by atoms with E-state index in [2.05, 4.69) is 19.2 Å². The van der Waals surface area contributed by atoms with Crippen LogP contribution in [0.1, 0.15) is 65.2 Å². The van der Waals surface area contributed by atoms with Gasteiger partial charge in [-0.15, -0.1) is 0 Å². The van der Waals surface area contributed by atoms with E-state index >= 15 is 0 Å². The second-order valence-corrected chi connectivity index (χ2v) is 6.52. The molecule has 0 aromatic carbocycles. The van der Waals surface area contributed by atoms with E-state index < -0.39 is 5.97 Å². The zero-order chi connectivity index (χ0) is 14.1. The molecule has 2 N–H and O–H groups in total. The smallest absolute Gasteiger partial charge is 0.307 e. The van der Waals surface area contributed by atoms with E-state index in [0.717, 1.165) is 18.9 Å². The third-order valence-corrected chi connectivity index (χ3v) is 4.20. The number of hydrogen-bond acceptors (Lipinski definition) is 2. The summed E-state index contributed by atoms with van der Waals surface area (Å²) in [7, 11) is 0. The molecule has 3 heteroatoms. The molecule has 0 aromatic rings. The number of aliphatic carboxylic acids is 1. The van der Waals surface area contributed by atoms with E-state index in [1.165, 1.54) is 44.9 Å². The Morgan fingerprint density at radius 1 is 1.21 bits per heavy atom. The first-order valence-electron chi connectivity index (χ1n) is 8.03. The minimum Gasteiger partial charge on any atom is -0.481 e. The van der Waals surface area contributed by atoms with Crippen molar-refractivity contribution in [2.75, 3.05) is 13.1 Å². The monoisotopic (exact) mass is 269 g/mol. The van der Waals surface area contributed by atoms with E-state index in [1.54, 1.807) is 0 Å². The molecule has 1 rings (SSSR count). The van der Waals surface area contributed by atoms with Crippen LogP contribution < -0.4 is 5.32 Å². The van der Waals surface area contributed by atoms with E-state index in [1.807, 2.05) is 0 Å². The summed E-state index contributed by atoms with van der Waals surface area (Å²) in [6.45, 7) is 5.77. The molecule has 0 aromatic heterocycles. The van der Waals surface area contributed by atoms with Crippen LogP contribution in [0.25, 0.3) is 0 Å². The van der Waals surface area contributed by atoms with Crippen LogP contribution in [-0.2, 0) is 4.79 Å². The van der Waals surface area contributed by atoms with Crippen molar-refractivity contribution in [3.63, 3.8) is 0 Å². The van der Waals surface area contributed by atoms with Gasteiger partial charge in [0.25, 0.3) is 0 Å². The van der Waals surface area contributed by atoms with Crippen molar-refractivity contribution < 1.29 is 9.90 Å². The summed E-state index contributed by atoms with van der Waals surface area (Å²) in [6.07, 6.45) is 10.3. The van der Waals surface area contributed by atoms with E-state index in [0.29, 0.717) is 12.5 Å². The molecule has 0 aliphatic heterocycles. The Hall–Kier alpha value is -0.570. The Morgan fingerprint density at radius 3 is 2.37 bits per heavy atom. The van der Waals surface area contributed by atoms with Crippen LogP contribution in [0.5, 0.6) is 0 Å². The molecule has 1 saturated carbocycles. The number of carbonyl (C=O) groups is 1. The van der Waals surface area contributed by atoms with Gasteiger partial charge in [-0.3, -0.25) is 4.79 Å². The summed E-state index contributed by atoms with van der Waals surface area (Å²) in [5.41, 5.74) is 0. The molecule has 1 aliphatic rings. The third kappa shape index (κ3) is 7.56. The third-order valence-electron chi connectivity index (χ3n) is 4.20. The fourth-order valence-electron chi connectivity index (χ4n) is 3.08. The molecule has 19 heavy (non-hydrogen) atoms. The lowest BCUT2D eigenvalue weighted by molar-refractivity contribution is -0.142. The number of carboxylic acids is 1. The lowest BCUT2D eigenvalue weighted by atomic mass is 9.95. The number of hydrogen-bond donors (Lipinski definition) is 2. The minimum absolute atomic E-state index is 0.228. The van der Waals surface area contributed by atoms with Gasteiger partial charge in [-0.2, -0.15) is 0 Å². The molecule has 0 bridgehead atoms. The van der Waals surface area contributed by atoms with E-state index in [-0.39, 0.29) is 5.92 Å². The van der Waals surface area contributed by atoms with Crippen LogP contribution >= 0.6 is 0 Å². The molecule has 1 aliphatic carbocycles. The molecule has 0 spiro atoms. The molecule has 1 unspecified atom stereocenters. The zero-order valence-corrected chi connectivity index (χ0v) is 12.7. The van der Waals surface area contributed by atoms with Gasteiger partial charge in [0.1, 0.15) is 0 Å². The van der Waals surface area contributed by atoms with Crippen LogP contribution in [0.15, 0.2) is 0 Å². The van der Waals surface area contributed by atoms with Crippen molar-refractivity contribution in [2.45, 2.75) is 65.2 Å². The summed E-state index contributed by atoms with van der Waals surface area (Å²) in [5, 5.41) is 12.5. The first-order chi connectivity index (χ1) is 9.09. The number of nitrogens with one attached hydrogen (secondary N) is 1. The first-order valence-corrected chi connectivity index (χ1v) is 8.03. The molecule has 1 fully saturated rings. The molecule has 3 nitrogen and oxygen atoms in total. The standard InChI is InChI=1S/C16H31NO2/c1-13(2)11-15(16(18)19)12-17-10-9-14-7-5-3-4-6-8-14/h13-15,17H,3-12H2,1-2H3,(H,18,19). The van der Waals surface area contributed by atoms with Gasteiger partial charge >= 0.3 is 5.97 Å². The molecule has 1 atom stereocenters. The summed E-state index contributed by atoms with van der Waals surface area (Å²) in [5.74, 6) is 0.429. The van der Waals surface area contributed by atoms with Crippen molar-refractivity contribution in [2.24, 2.45) is 17.8 Å². The fraction of sp³-hybridized carbons (Fsp3) is 0.938. The van der Waals surface area contributed by atoms with Crippen molar-refractivity contribution in [1.29, 1.82) is 0 Å². The van der Waals surface area contributed by atoms with E-state index in [4.69, 9.17) is 5.11 Å². The molecule has 0 radical (unpaired) electrons. The minimum atomic E-state index is -0.657. The number of rotatable bonds is 8. The van der Waals surface area contributed by atoms with Gasteiger partial charge in [0, 0.05) is 6.54 Å². The Kier molecular flexibility index (Phi) is 8.11. The topological polar surface area (TPSA) is 49.3 Å². The predicted molar refractivity (Wildman–Crippen MR) is 79.3 cm³/mol. The Labute approximate surface area is 118 Å². The van der Waals surface area contributed by atoms with Gasteiger partial charge in [-0.1, -0.05) is 52.4 Å². The first kappa shape index (κ1) is 16.5. The van der Waals surface area contributed by atoms with Crippen LogP contribution in [-0.4, -0.2) is 24.2 Å². The summed E-state index contributed by atoms with van der Waals surface area (Å²) in [4.78, 5) is 11.1. The highest BCUT2D eigenvalue weighted by Crippen LogP contribution is 2.24. The maximum absolute atomic E-state index is 11.1. The second kappa shape index (κ2) is 9.35. The van der Waals surface area contributed by atoms with Gasteiger partial charge in [-0.25, -0.2) is 0 Å². The predicted octanol–water partition coefficient (Wildman–Crippen LogP) is 3.68. The average Bonchev–Trinajstić information content (AvgIpc) is 2.61. The summed E-state index contributed by atoms with van der Waals surface area (Å²) >= 11 is 0. The molecule has 112 valence electrons. The number of carboxylic acid groups (broad SMARTS) is 1. The largest absolute Gasteiger partial charge is 0.481 e. The fourth-order valence-corrected chi connectivity index (χ4v) is 3.08. The molecule has 0 saturated heterocycles.